The van der Waals surface area contributed by atoms with Gasteiger partial charge in [-0.1, -0.05) is 12.8 Å². The first-order chi connectivity index (χ1) is 3.41. The van der Waals surface area contributed by atoms with Crippen LogP contribution in [0.2, 0.25) is 0 Å². The van der Waals surface area contributed by atoms with Gasteiger partial charge in [-0.2, -0.15) is 0 Å². The van der Waals surface area contributed by atoms with Crippen LogP contribution < -0.4 is 0 Å². The zero-order chi connectivity index (χ0) is 5.54. The van der Waals surface area contributed by atoms with Gasteiger partial charge in [0.15, 0.2) is 0 Å². The van der Waals surface area contributed by atoms with Gasteiger partial charge >= 0.3 is 7.69 Å². The average molecular weight is 93.9 g/mol. The predicted octanol–water partition coefficient (Wildman–Crippen LogP) is -0.532. The smallest absolute Gasteiger partial charge is 0.479 e. The molecule has 0 radical (unpaired) electrons. The molecule has 7 heavy (non-hydrogen) atoms. The second-order valence-corrected chi connectivity index (χ2v) is 0.642. The third-order valence-corrected chi connectivity index (χ3v) is 0.285. The highest BCUT2D eigenvalue weighted by molar-refractivity contribution is 6.19. The van der Waals surface area contributed by atoms with E-state index in [2.05, 4.69) is 22.2 Å². The van der Waals surface area contributed by atoms with Crippen LogP contribution in [0.25, 0.3) is 0 Å². The van der Waals surface area contributed by atoms with Crippen molar-refractivity contribution in [1.82, 2.24) is 0 Å². The molecule has 0 saturated heterocycles. The summed E-state index contributed by atoms with van der Waals surface area (Å²) in [6.45, 7) is 0. The summed E-state index contributed by atoms with van der Waals surface area (Å²) in [5.74, 6) is 0. The van der Waals surface area contributed by atoms with E-state index in [0.29, 0.717) is 0 Å². The molecule has 0 saturated carbocycles. The Labute approximate surface area is 43.1 Å². The van der Waals surface area contributed by atoms with Crippen LogP contribution in [0.1, 0.15) is 0 Å². The summed E-state index contributed by atoms with van der Waals surface area (Å²) in [5.41, 5.74) is 0. The van der Waals surface area contributed by atoms with Crippen LogP contribution in [0.15, 0.2) is 0 Å². The van der Waals surface area contributed by atoms with Crippen molar-refractivity contribution in [2.24, 2.45) is 0 Å². The third kappa shape index (κ3) is 4.78. The van der Waals surface area contributed by atoms with Gasteiger partial charge in [-0.25, -0.2) is 0 Å². The molecule has 0 spiro atoms. The molecule has 0 aromatic rings. The van der Waals surface area contributed by atoms with Crippen molar-refractivity contribution in [2.75, 3.05) is 0 Å². The lowest BCUT2D eigenvalue weighted by Gasteiger charge is -1.86. The Balaban J connectivity index is 2.77. The van der Waals surface area contributed by atoms with Crippen LogP contribution >= 0.6 is 0 Å². The molecule has 0 unspecified atom stereocenters. The standard InChI is InChI=1S/C4H3BO2/c1-3-6-5-7-4-2/h1-2,5H. The molecule has 0 rings (SSSR count). The van der Waals surface area contributed by atoms with Crippen molar-refractivity contribution in [3.8, 4) is 25.1 Å². The quantitative estimate of drug-likeness (QED) is 0.260. The van der Waals surface area contributed by atoms with E-state index in [9.17, 15) is 0 Å². The minimum Gasteiger partial charge on any atom is -0.479 e. The summed E-state index contributed by atoms with van der Waals surface area (Å²) in [6.07, 6.45) is 13.1. The van der Waals surface area contributed by atoms with Crippen LogP contribution in [0, 0.1) is 25.1 Å². The van der Waals surface area contributed by atoms with E-state index in [0.717, 1.165) is 0 Å². The fraction of sp³-hybridized carbons (Fsp3) is 0. The molecule has 34 valence electrons. The zero-order valence-corrected chi connectivity index (χ0v) is 3.68. The Hall–Kier alpha value is -1.22. The summed E-state index contributed by atoms with van der Waals surface area (Å²) >= 11 is 0. The van der Waals surface area contributed by atoms with Gasteiger partial charge < -0.3 is 9.31 Å². The van der Waals surface area contributed by atoms with Crippen LogP contribution in [0.5, 0.6) is 0 Å². The first-order valence-electron chi connectivity index (χ1n) is 1.56. The summed E-state index contributed by atoms with van der Waals surface area (Å²) in [4.78, 5) is 0. The molecule has 0 aromatic carbocycles. The van der Waals surface area contributed by atoms with E-state index < -0.39 is 0 Å². The van der Waals surface area contributed by atoms with Gasteiger partial charge in [0.05, 0.1) is 12.2 Å². The Bertz CT molecular complexity index is 93.8. The molecule has 0 atom stereocenters. The van der Waals surface area contributed by atoms with Crippen LogP contribution in [0.3, 0.4) is 0 Å². The molecular formula is C4H3BO2. The third-order valence-electron chi connectivity index (χ3n) is 0.285. The highest BCUT2D eigenvalue weighted by Gasteiger charge is 1.81. The van der Waals surface area contributed by atoms with Crippen molar-refractivity contribution in [3.63, 3.8) is 0 Å². The SMILES string of the molecule is C#COBOC#C. The summed E-state index contributed by atoms with van der Waals surface area (Å²) in [7, 11) is -0.0347. The molecule has 0 N–H and O–H groups in total. The Morgan fingerprint density at radius 2 is 1.57 bits per heavy atom. The summed E-state index contributed by atoms with van der Waals surface area (Å²) < 4.78 is 8.47. The summed E-state index contributed by atoms with van der Waals surface area (Å²) in [5, 5.41) is 0. The lowest BCUT2D eigenvalue weighted by atomic mass is 10.4. The van der Waals surface area contributed by atoms with E-state index in [1.807, 2.05) is 12.2 Å². The number of hydrogen-bond acceptors (Lipinski definition) is 2. The molecular weight excluding hydrogens is 90.9 g/mol. The minimum absolute atomic E-state index is 0.0347. The fourth-order valence-corrected chi connectivity index (χ4v) is 0.0975. The lowest BCUT2D eigenvalue weighted by molar-refractivity contribution is 0.415. The van der Waals surface area contributed by atoms with Crippen molar-refractivity contribution in [2.45, 2.75) is 0 Å². The molecule has 2 nitrogen and oxygen atoms in total. The number of rotatable bonds is 2. The first kappa shape index (κ1) is 5.78. The van der Waals surface area contributed by atoms with Gasteiger partial charge in [0.2, 0.25) is 0 Å². The first-order valence-corrected chi connectivity index (χ1v) is 1.56. The largest absolute Gasteiger partial charge is 0.594 e. The average Bonchev–Trinajstić information content (AvgIpc) is 1.69. The van der Waals surface area contributed by atoms with Gasteiger partial charge in [0.1, 0.15) is 0 Å². The van der Waals surface area contributed by atoms with Crippen molar-refractivity contribution >= 4 is 7.69 Å². The molecule has 0 heterocycles. The predicted molar refractivity (Wildman–Crippen MR) is 27.0 cm³/mol. The normalized spacial score (nSPS) is 4.86. The van der Waals surface area contributed by atoms with Crippen molar-refractivity contribution in [3.05, 3.63) is 0 Å². The Morgan fingerprint density at radius 3 is 1.86 bits per heavy atom. The second kappa shape index (κ2) is 4.78. The molecule has 0 aliphatic carbocycles. The highest BCUT2D eigenvalue weighted by atomic mass is 16.6. The van der Waals surface area contributed by atoms with Gasteiger partial charge in [-0.3, -0.25) is 0 Å². The fourth-order valence-electron chi connectivity index (χ4n) is 0.0975. The van der Waals surface area contributed by atoms with E-state index >= 15 is 0 Å². The summed E-state index contributed by atoms with van der Waals surface area (Å²) in [6, 6.07) is 0. The Kier molecular flexibility index (Phi) is 3.95. The monoisotopic (exact) mass is 94.0 g/mol. The van der Waals surface area contributed by atoms with Gasteiger partial charge in [-0.15, -0.1) is 0 Å². The maximum Gasteiger partial charge on any atom is 0.594 e. The van der Waals surface area contributed by atoms with Crippen LogP contribution in [0.4, 0.5) is 0 Å². The zero-order valence-electron chi connectivity index (χ0n) is 3.68. The molecule has 0 aliphatic heterocycles. The molecule has 0 bridgehead atoms. The molecule has 0 aromatic heterocycles. The van der Waals surface area contributed by atoms with Crippen LogP contribution in [-0.2, 0) is 9.31 Å². The molecule has 3 heteroatoms. The van der Waals surface area contributed by atoms with E-state index in [4.69, 9.17) is 0 Å². The van der Waals surface area contributed by atoms with Crippen molar-refractivity contribution in [1.29, 1.82) is 0 Å². The Morgan fingerprint density at radius 1 is 1.14 bits per heavy atom. The van der Waals surface area contributed by atoms with E-state index in [1.165, 1.54) is 0 Å². The lowest BCUT2D eigenvalue weighted by Crippen LogP contribution is -1.93. The molecule has 0 fully saturated rings. The number of terminal acetylenes is 2. The molecule has 0 aliphatic rings. The molecule has 0 amide bonds. The van der Waals surface area contributed by atoms with Gasteiger partial charge in [0.25, 0.3) is 0 Å². The van der Waals surface area contributed by atoms with Crippen LogP contribution in [-0.4, -0.2) is 7.69 Å². The topological polar surface area (TPSA) is 18.5 Å². The second-order valence-electron chi connectivity index (χ2n) is 0.642. The van der Waals surface area contributed by atoms with E-state index in [-0.39, 0.29) is 7.69 Å². The van der Waals surface area contributed by atoms with Crippen molar-refractivity contribution < 1.29 is 9.31 Å². The van der Waals surface area contributed by atoms with E-state index in [1.54, 1.807) is 0 Å². The van der Waals surface area contributed by atoms with Gasteiger partial charge in [0, 0.05) is 0 Å². The highest BCUT2D eigenvalue weighted by Crippen LogP contribution is 1.63. The number of hydrogen-bond donors (Lipinski definition) is 0. The maximum atomic E-state index is 4.65. The van der Waals surface area contributed by atoms with Gasteiger partial charge in [-0.05, 0) is 0 Å². The minimum atomic E-state index is -0.0347. The maximum absolute atomic E-state index is 4.65.